The number of hydrogen-bond acceptors (Lipinski definition) is 5. The van der Waals surface area contributed by atoms with E-state index in [4.69, 9.17) is 24.7 Å². The fourth-order valence-electron chi connectivity index (χ4n) is 11.5. The summed E-state index contributed by atoms with van der Waals surface area (Å²) in [4.78, 5) is 19.5. The molecule has 0 saturated heterocycles. The van der Waals surface area contributed by atoms with Crippen LogP contribution in [0.15, 0.2) is 73.3 Å². The first kappa shape index (κ1) is 52.9. The van der Waals surface area contributed by atoms with E-state index < -0.39 is 0 Å². The zero-order chi connectivity index (χ0) is 46.7. The Hall–Kier alpha value is -3.44. The lowest BCUT2D eigenvalue weighted by Gasteiger charge is -2.40. The van der Waals surface area contributed by atoms with Gasteiger partial charge in [0.15, 0.2) is 11.6 Å². The maximum atomic E-state index is 7.80. The average Bonchev–Trinajstić information content (AvgIpc) is 3.38. The Labute approximate surface area is 410 Å². The molecular formula is C62H94N4O. The zero-order valence-corrected chi connectivity index (χ0v) is 43.2. The molecule has 2 aromatic heterocycles. The normalized spacial score (nSPS) is 19.6. The monoisotopic (exact) mass is 911 g/mol. The predicted molar refractivity (Wildman–Crippen MR) is 284 cm³/mol. The fourth-order valence-corrected chi connectivity index (χ4v) is 11.5. The Morgan fingerprint density at radius 2 is 0.701 bits per heavy atom. The summed E-state index contributed by atoms with van der Waals surface area (Å²) in [5.41, 5.74) is 7.31. The molecule has 0 N–H and O–H groups in total. The van der Waals surface area contributed by atoms with Crippen molar-refractivity contribution in [1.82, 2.24) is 19.9 Å². The van der Waals surface area contributed by atoms with Crippen LogP contribution in [-0.2, 0) is 17.6 Å². The van der Waals surface area contributed by atoms with Crippen molar-refractivity contribution in [2.75, 3.05) is 0 Å². The first-order valence-electron chi connectivity index (χ1n) is 28.6. The average molecular weight is 911 g/mol. The summed E-state index contributed by atoms with van der Waals surface area (Å²) >= 11 is 0. The Morgan fingerprint density at radius 1 is 0.388 bits per heavy atom. The molecule has 2 aliphatic carbocycles. The third kappa shape index (κ3) is 18.1. The number of unbranched alkanes of at least 4 members (excludes halogenated alkanes) is 16. The van der Waals surface area contributed by atoms with E-state index in [0.29, 0.717) is 11.8 Å². The molecular weight excluding hydrogens is 817 g/mol. The van der Waals surface area contributed by atoms with Gasteiger partial charge in [0, 0.05) is 35.9 Å². The van der Waals surface area contributed by atoms with Crippen LogP contribution in [0.3, 0.4) is 0 Å². The summed E-state index contributed by atoms with van der Waals surface area (Å²) in [5, 5.41) is 0. The lowest BCUT2D eigenvalue weighted by Crippen LogP contribution is -2.28. The molecule has 0 amide bonds. The largest absolute Gasteiger partial charge is 0.365 e. The summed E-state index contributed by atoms with van der Waals surface area (Å²) in [5.74, 6) is 4.38. The van der Waals surface area contributed by atoms with Crippen LogP contribution in [0.4, 0.5) is 0 Å². The number of ether oxygens (including phenoxy) is 1. The third-order valence-corrected chi connectivity index (χ3v) is 15.9. The van der Waals surface area contributed by atoms with Gasteiger partial charge in [-0.25, -0.2) is 19.9 Å². The molecule has 2 aromatic carbocycles. The van der Waals surface area contributed by atoms with Crippen molar-refractivity contribution in [3.63, 3.8) is 0 Å². The van der Waals surface area contributed by atoms with Crippen LogP contribution < -0.4 is 0 Å². The highest BCUT2D eigenvalue weighted by atomic mass is 16.5. The molecule has 0 spiro atoms. The van der Waals surface area contributed by atoms with E-state index in [1.54, 1.807) is 0 Å². The zero-order valence-electron chi connectivity index (χ0n) is 43.2. The van der Waals surface area contributed by atoms with Gasteiger partial charge in [0.05, 0.1) is 12.2 Å². The van der Waals surface area contributed by atoms with Gasteiger partial charge in [-0.1, -0.05) is 230 Å². The molecule has 2 fully saturated rings. The molecule has 0 aliphatic heterocycles. The molecule has 5 heteroatoms. The van der Waals surface area contributed by atoms with Crippen molar-refractivity contribution in [2.45, 2.75) is 245 Å². The molecule has 6 rings (SSSR count). The van der Waals surface area contributed by atoms with Crippen molar-refractivity contribution >= 4 is 0 Å². The first-order chi connectivity index (χ1) is 33.1. The van der Waals surface area contributed by atoms with Gasteiger partial charge < -0.3 is 4.74 Å². The van der Waals surface area contributed by atoms with E-state index in [1.807, 2.05) is 0 Å². The van der Waals surface area contributed by atoms with Crippen LogP contribution in [0, 0.1) is 23.7 Å². The van der Waals surface area contributed by atoms with Gasteiger partial charge in [0.25, 0.3) is 0 Å². The SMILES string of the molecule is CCCCCCCCc1cnc(-c2ccc(C(OC(c3ccc(-c4ncc(CCCCCCCC)cn4)cc3)C3CCC(CCCCCC)CC3)C3CCC(CCCCCC)CC3)cc2)nc1. The summed E-state index contributed by atoms with van der Waals surface area (Å²) in [6.45, 7) is 9.22. The van der Waals surface area contributed by atoms with E-state index in [0.717, 1.165) is 47.5 Å². The second-order valence-corrected chi connectivity index (χ2v) is 21.3. The maximum absolute atomic E-state index is 7.80. The van der Waals surface area contributed by atoms with Gasteiger partial charge in [-0.15, -0.1) is 0 Å². The summed E-state index contributed by atoms with van der Waals surface area (Å²) in [6.07, 6.45) is 50.2. The quantitative estimate of drug-likeness (QED) is 0.0457. The highest BCUT2D eigenvalue weighted by molar-refractivity contribution is 5.56. The van der Waals surface area contributed by atoms with Crippen molar-refractivity contribution in [2.24, 2.45) is 23.7 Å². The Bertz CT molecular complexity index is 1700. The molecule has 0 radical (unpaired) electrons. The minimum atomic E-state index is 0.0506. The van der Waals surface area contributed by atoms with Gasteiger partial charge in [-0.2, -0.15) is 0 Å². The van der Waals surface area contributed by atoms with Gasteiger partial charge >= 0.3 is 0 Å². The van der Waals surface area contributed by atoms with Crippen LogP contribution in [0.2, 0.25) is 0 Å². The Kier molecular flexibility index (Phi) is 24.4. The highest BCUT2D eigenvalue weighted by Gasteiger charge is 2.36. The maximum Gasteiger partial charge on any atom is 0.159 e. The van der Waals surface area contributed by atoms with E-state index in [9.17, 15) is 0 Å². The number of benzene rings is 2. The van der Waals surface area contributed by atoms with Gasteiger partial charge in [0.2, 0.25) is 0 Å². The molecule has 4 aromatic rings. The molecule has 2 heterocycles. The lowest BCUT2D eigenvalue weighted by molar-refractivity contribution is -0.0907. The molecule has 67 heavy (non-hydrogen) atoms. The Balaban J connectivity index is 1.19. The number of rotatable bonds is 32. The summed E-state index contributed by atoms with van der Waals surface area (Å²) in [6, 6.07) is 18.5. The van der Waals surface area contributed by atoms with E-state index in [1.165, 1.54) is 215 Å². The van der Waals surface area contributed by atoms with E-state index in [2.05, 4.69) is 101 Å². The number of aryl methyl sites for hydroxylation is 2. The van der Waals surface area contributed by atoms with Crippen LogP contribution in [0.5, 0.6) is 0 Å². The van der Waals surface area contributed by atoms with Crippen molar-refractivity contribution in [3.05, 3.63) is 95.6 Å². The molecule has 2 saturated carbocycles. The highest BCUT2D eigenvalue weighted by Crippen LogP contribution is 2.47. The smallest absolute Gasteiger partial charge is 0.159 e. The minimum absolute atomic E-state index is 0.0506. The lowest BCUT2D eigenvalue weighted by atomic mass is 9.74. The van der Waals surface area contributed by atoms with Crippen LogP contribution in [0.25, 0.3) is 22.8 Å². The second kappa shape index (κ2) is 30.9. The van der Waals surface area contributed by atoms with Crippen LogP contribution >= 0.6 is 0 Å². The molecule has 2 unspecified atom stereocenters. The van der Waals surface area contributed by atoms with Crippen LogP contribution in [0.1, 0.15) is 255 Å². The second-order valence-electron chi connectivity index (χ2n) is 21.3. The van der Waals surface area contributed by atoms with Crippen molar-refractivity contribution in [3.8, 4) is 22.8 Å². The van der Waals surface area contributed by atoms with Gasteiger partial charge in [-0.05, 0) is 97.3 Å². The topological polar surface area (TPSA) is 60.8 Å². The molecule has 368 valence electrons. The van der Waals surface area contributed by atoms with Crippen LogP contribution in [-0.4, -0.2) is 19.9 Å². The van der Waals surface area contributed by atoms with E-state index >= 15 is 0 Å². The summed E-state index contributed by atoms with van der Waals surface area (Å²) in [7, 11) is 0. The number of aromatic nitrogens is 4. The molecule has 2 aliphatic rings. The Morgan fingerprint density at radius 3 is 1.04 bits per heavy atom. The predicted octanol–water partition coefficient (Wildman–Crippen LogP) is 18.8. The number of nitrogens with zero attached hydrogens (tertiary/aromatic N) is 4. The molecule has 0 bridgehead atoms. The third-order valence-electron chi connectivity index (χ3n) is 15.9. The molecule has 2 atom stereocenters. The van der Waals surface area contributed by atoms with Gasteiger partial charge in [-0.3, -0.25) is 0 Å². The number of hydrogen-bond donors (Lipinski definition) is 0. The van der Waals surface area contributed by atoms with Gasteiger partial charge in [0.1, 0.15) is 0 Å². The standard InChI is InChI=1S/C62H94N4O/c1-5-9-13-17-19-23-27-51-45-63-61(64-46-51)57-41-37-55(38-42-57)59(53-33-29-49(30-34-53)25-21-15-11-7-3)67-60(54-35-31-50(32-36-54)26-22-16-12-8-4)56-39-43-58(44-40-56)62-65-47-52(48-66-62)28-24-20-18-14-10-6-2/h37-50,53-54,59-60H,5-36H2,1-4H3. The van der Waals surface area contributed by atoms with Crippen molar-refractivity contribution in [1.29, 1.82) is 0 Å². The fraction of sp³-hybridized carbons (Fsp3) is 0.677. The minimum Gasteiger partial charge on any atom is -0.365 e. The first-order valence-corrected chi connectivity index (χ1v) is 28.6. The van der Waals surface area contributed by atoms with Crippen molar-refractivity contribution < 1.29 is 4.74 Å². The molecule has 5 nitrogen and oxygen atoms in total. The summed E-state index contributed by atoms with van der Waals surface area (Å²) < 4.78 is 7.80. The van der Waals surface area contributed by atoms with E-state index in [-0.39, 0.29) is 12.2 Å².